The minimum atomic E-state index is -1.20. The Bertz CT molecular complexity index is 467. The predicted octanol–water partition coefficient (Wildman–Crippen LogP) is 1.29. The van der Waals surface area contributed by atoms with Gasteiger partial charge in [0.05, 0.1) is 6.04 Å². The van der Waals surface area contributed by atoms with Crippen LogP contribution < -0.4 is 0 Å². The highest BCUT2D eigenvalue weighted by atomic mass is 16.4. The van der Waals surface area contributed by atoms with Crippen molar-refractivity contribution in [3.63, 3.8) is 0 Å². The van der Waals surface area contributed by atoms with Crippen LogP contribution in [0.5, 0.6) is 0 Å². The van der Waals surface area contributed by atoms with Gasteiger partial charge in [0.25, 0.3) is 0 Å². The number of amides is 2. The highest BCUT2D eigenvalue weighted by molar-refractivity contribution is 5.87. The summed E-state index contributed by atoms with van der Waals surface area (Å²) in [5.41, 5.74) is -0.290. The normalized spacial score (nSPS) is 20.6. The molecule has 1 aromatic rings. The maximum Gasteiger partial charge on any atom is 0.329 e. The molecule has 0 aliphatic carbocycles. The van der Waals surface area contributed by atoms with Crippen LogP contribution in [-0.4, -0.2) is 51.0 Å². The van der Waals surface area contributed by atoms with E-state index in [1.54, 1.807) is 18.1 Å². The molecule has 0 saturated carbocycles. The van der Waals surface area contributed by atoms with Gasteiger partial charge in [-0.15, -0.1) is 0 Å². The first kappa shape index (κ1) is 12.5. The molecule has 18 heavy (non-hydrogen) atoms. The molecule has 1 fully saturated rings. The number of H-pyrrole nitrogens is 1. The largest absolute Gasteiger partial charge is 0.480 e. The molecule has 0 bridgehead atoms. The van der Waals surface area contributed by atoms with Gasteiger partial charge in [-0.2, -0.15) is 0 Å². The van der Waals surface area contributed by atoms with E-state index >= 15 is 0 Å². The third kappa shape index (κ3) is 1.73. The zero-order chi connectivity index (χ0) is 13.5. The molecule has 1 saturated heterocycles. The first-order valence-electron chi connectivity index (χ1n) is 5.77. The highest BCUT2D eigenvalue weighted by Gasteiger charge is 2.46. The predicted molar refractivity (Wildman–Crippen MR) is 65.1 cm³/mol. The number of aromatic amines is 1. The van der Waals surface area contributed by atoms with Crippen molar-refractivity contribution in [1.29, 1.82) is 0 Å². The number of carbonyl (C=O) groups is 2. The third-order valence-electron chi connectivity index (χ3n) is 3.53. The number of nitrogens with one attached hydrogen (secondary N) is 1. The Kier molecular flexibility index (Phi) is 2.80. The molecule has 2 rings (SSSR count). The van der Waals surface area contributed by atoms with Crippen molar-refractivity contribution in [3.05, 3.63) is 24.0 Å². The maximum absolute atomic E-state index is 12.1. The van der Waals surface area contributed by atoms with Crippen LogP contribution in [0.25, 0.3) is 0 Å². The fraction of sp³-hybridized carbons (Fsp3) is 0.500. The molecule has 1 aliphatic rings. The van der Waals surface area contributed by atoms with Gasteiger partial charge in [-0.3, -0.25) is 0 Å². The Morgan fingerprint density at radius 3 is 2.72 bits per heavy atom. The fourth-order valence-electron chi connectivity index (χ4n) is 2.14. The maximum atomic E-state index is 12.1. The number of hydrogen-bond acceptors (Lipinski definition) is 2. The van der Waals surface area contributed by atoms with Gasteiger partial charge in [-0.25, -0.2) is 9.59 Å². The first-order chi connectivity index (χ1) is 8.35. The molecule has 6 nitrogen and oxygen atoms in total. The quantitative estimate of drug-likeness (QED) is 0.849. The summed E-state index contributed by atoms with van der Waals surface area (Å²) in [5, 5.41) is 9.20. The number of carboxylic acid groups (broad SMARTS) is 1. The van der Waals surface area contributed by atoms with Gasteiger partial charge in [-0.05, 0) is 26.0 Å². The molecule has 0 spiro atoms. The van der Waals surface area contributed by atoms with E-state index in [1.807, 2.05) is 12.1 Å². The van der Waals surface area contributed by atoms with E-state index < -0.39 is 11.5 Å². The third-order valence-corrected chi connectivity index (χ3v) is 3.53. The lowest BCUT2D eigenvalue weighted by molar-refractivity contribution is -0.147. The molecule has 1 aliphatic heterocycles. The summed E-state index contributed by atoms with van der Waals surface area (Å²) in [6.07, 6.45) is 1.79. The van der Waals surface area contributed by atoms with Gasteiger partial charge in [0.15, 0.2) is 0 Å². The second kappa shape index (κ2) is 4.04. The Morgan fingerprint density at radius 1 is 1.56 bits per heavy atom. The minimum Gasteiger partial charge on any atom is -0.480 e. The van der Waals surface area contributed by atoms with E-state index in [0.717, 1.165) is 5.69 Å². The van der Waals surface area contributed by atoms with Crippen molar-refractivity contribution in [1.82, 2.24) is 14.8 Å². The van der Waals surface area contributed by atoms with Crippen LogP contribution >= 0.6 is 0 Å². The summed E-state index contributed by atoms with van der Waals surface area (Å²) in [5.74, 6) is -1.00. The van der Waals surface area contributed by atoms with Crippen LogP contribution in [0.2, 0.25) is 0 Å². The molecule has 0 aromatic carbocycles. The standard InChI is InChI=1S/C12H17N3O3/c1-12(2,10(16)17)15-7-9(14(3)11(15)18)8-5-4-6-13-8/h4-6,9,13H,7H2,1-3H3,(H,16,17). The summed E-state index contributed by atoms with van der Waals surface area (Å²) in [7, 11) is 1.69. The van der Waals surface area contributed by atoms with E-state index in [4.69, 9.17) is 0 Å². The van der Waals surface area contributed by atoms with Crippen molar-refractivity contribution in [2.45, 2.75) is 25.4 Å². The van der Waals surface area contributed by atoms with E-state index in [-0.39, 0.29) is 12.1 Å². The Hall–Kier alpha value is -1.98. The van der Waals surface area contributed by atoms with Gasteiger partial charge in [0.2, 0.25) is 0 Å². The Labute approximate surface area is 105 Å². The second-order valence-electron chi connectivity index (χ2n) is 5.01. The molecule has 1 aromatic heterocycles. The molecule has 0 radical (unpaired) electrons. The van der Waals surface area contributed by atoms with E-state index in [0.29, 0.717) is 6.54 Å². The van der Waals surface area contributed by atoms with Crippen molar-refractivity contribution < 1.29 is 14.7 Å². The number of likely N-dealkylation sites (N-methyl/N-ethyl adjacent to an activating group) is 1. The molecule has 2 heterocycles. The number of aliphatic carboxylic acids is 1. The molecule has 2 amide bonds. The average molecular weight is 251 g/mol. The highest BCUT2D eigenvalue weighted by Crippen LogP contribution is 2.31. The zero-order valence-corrected chi connectivity index (χ0v) is 10.7. The van der Waals surface area contributed by atoms with Gasteiger partial charge in [0.1, 0.15) is 5.54 Å². The van der Waals surface area contributed by atoms with E-state index in [9.17, 15) is 14.7 Å². The lowest BCUT2D eigenvalue weighted by Crippen LogP contribution is -2.51. The number of carbonyl (C=O) groups excluding carboxylic acids is 1. The molecule has 2 N–H and O–H groups in total. The number of urea groups is 1. The monoisotopic (exact) mass is 251 g/mol. The van der Waals surface area contributed by atoms with Gasteiger partial charge in [-0.1, -0.05) is 0 Å². The molecule has 1 atom stereocenters. The summed E-state index contributed by atoms with van der Waals surface area (Å²) in [6, 6.07) is 3.36. The number of rotatable bonds is 3. The van der Waals surface area contributed by atoms with Gasteiger partial charge >= 0.3 is 12.0 Å². The van der Waals surface area contributed by atoms with Crippen LogP contribution in [0, 0.1) is 0 Å². The SMILES string of the molecule is CN1C(=O)N(C(C)(C)C(=O)O)CC1c1ccc[nH]1. The summed E-state index contributed by atoms with van der Waals surface area (Å²) in [6.45, 7) is 3.45. The smallest absolute Gasteiger partial charge is 0.329 e. The lowest BCUT2D eigenvalue weighted by atomic mass is 10.0. The zero-order valence-electron chi connectivity index (χ0n) is 10.7. The van der Waals surface area contributed by atoms with Crippen molar-refractivity contribution >= 4 is 12.0 Å². The number of nitrogens with zero attached hydrogens (tertiary/aromatic N) is 2. The van der Waals surface area contributed by atoms with Crippen molar-refractivity contribution in [2.75, 3.05) is 13.6 Å². The summed E-state index contributed by atoms with van der Waals surface area (Å²) < 4.78 is 0. The van der Waals surface area contributed by atoms with Gasteiger partial charge < -0.3 is 19.9 Å². The van der Waals surface area contributed by atoms with Crippen LogP contribution in [0.3, 0.4) is 0 Å². The first-order valence-corrected chi connectivity index (χ1v) is 5.77. The van der Waals surface area contributed by atoms with Crippen LogP contribution in [0.4, 0.5) is 4.79 Å². The molecule has 6 heteroatoms. The molecular formula is C12H17N3O3. The molecule has 98 valence electrons. The second-order valence-corrected chi connectivity index (χ2v) is 5.01. The summed E-state index contributed by atoms with van der Waals surface area (Å²) >= 11 is 0. The number of hydrogen-bond donors (Lipinski definition) is 2. The van der Waals surface area contributed by atoms with E-state index in [1.165, 1.54) is 18.7 Å². The number of carboxylic acids is 1. The van der Waals surface area contributed by atoms with Crippen molar-refractivity contribution in [3.8, 4) is 0 Å². The fourth-order valence-corrected chi connectivity index (χ4v) is 2.14. The van der Waals surface area contributed by atoms with Crippen molar-refractivity contribution in [2.24, 2.45) is 0 Å². The lowest BCUT2D eigenvalue weighted by Gasteiger charge is -2.30. The van der Waals surface area contributed by atoms with Crippen LogP contribution in [0.15, 0.2) is 18.3 Å². The summed E-state index contributed by atoms with van der Waals surface area (Å²) in [4.78, 5) is 29.4. The minimum absolute atomic E-state index is 0.133. The van der Waals surface area contributed by atoms with Gasteiger partial charge in [0, 0.05) is 25.5 Å². The Morgan fingerprint density at radius 2 is 2.22 bits per heavy atom. The molecular weight excluding hydrogens is 234 g/mol. The number of aromatic nitrogens is 1. The van der Waals surface area contributed by atoms with E-state index in [2.05, 4.69) is 4.98 Å². The Balaban J connectivity index is 2.28. The van der Waals surface area contributed by atoms with Crippen LogP contribution in [-0.2, 0) is 4.79 Å². The molecule has 1 unspecified atom stereocenters. The topological polar surface area (TPSA) is 76.6 Å². The van der Waals surface area contributed by atoms with Crippen LogP contribution in [0.1, 0.15) is 25.6 Å². The average Bonchev–Trinajstić information content (AvgIpc) is 2.89.